The highest BCUT2D eigenvalue weighted by Gasteiger charge is 2.16. The first-order chi connectivity index (χ1) is 10.6. The van der Waals surface area contributed by atoms with E-state index in [1.807, 2.05) is 26.8 Å². The lowest BCUT2D eigenvalue weighted by atomic mass is 10.3. The first-order valence-electron chi connectivity index (χ1n) is 7.78. The number of rotatable bonds is 3. The van der Waals surface area contributed by atoms with Crippen molar-refractivity contribution in [2.75, 3.05) is 11.9 Å². The van der Waals surface area contributed by atoms with E-state index in [1.165, 1.54) is 12.8 Å². The fraction of sp³-hybridized carbons (Fsp3) is 0.600. The van der Waals surface area contributed by atoms with E-state index >= 15 is 0 Å². The van der Waals surface area contributed by atoms with Gasteiger partial charge in [0.25, 0.3) is 0 Å². The number of hydrogen-bond donors (Lipinski definition) is 3. The van der Waals surface area contributed by atoms with Crippen LogP contribution in [-0.4, -0.2) is 33.6 Å². The SMILES string of the molecule is CCNC(=S)NC(=NC1CCCC1)Nc1nc(C)cc(C)n1. The third-order valence-corrected chi connectivity index (χ3v) is 3.66. The van der Waals surface area contributed by atoms with Gasteiger partial charge in [-0.05, 0) is 51.9 Å². The van der Waals surface area contributed by atoms with Crippen LogP contribution < -0.4 is 16.0 Å². The lowest BCUT2D eigenvalue weighted by Crippen LogP contribution is -2.43. The minimum absolute atomic E-state index is 0.338. The van der Waals surface area contributed by atoms with Gasteiger partial charge in [0.1, 0.15) is 0 Å². The topological polar surface area (TPSA) is 74.2 Å². The molecule has 120 valence electrons. The number of nitrogens with zero attached hydrogens (tertiary/aromatic N) is 3. The third kappa shape index (κ3) is 5.22. The second-order valence-electron chi connectivity index (χ2n) is 5.50. The molecule has 2 rings (SSSR count). The Labute approximate surface area is 137 Å². The second-order valence-corrected chi connectivity index (χ2v) is 5.91. The summed E-state index contributed by atoms with van der Waals surface area (Å²) in [7, 11) is 0. The van der Waals surface area contributed by atoms with E-state index in [0.29, 0.717) is 23.1 Å². The number of aliphatic imine (C=N–C) groups is 1. The Morgan fingerprint density at radius 1 is 1.27 bits per heavy atom. The van der Waals surface area contributed by atoms with Gasteiger partial charge < -0.3 is 10.6 Å². The Balaban J connectivity index is 2.13. The Morgan fingerprint density at radius 3 is 2.50 bits per heavy atom. The molecule has 0 amide bonds. The number of nitrogens with one attached hydrogen (secondary N) is 3. The Kier molecular flexibility index (Phi) is 6.06. The zero-order valence-electron chi connectivity index (χ0n) is 13.4. The van der Waals surface area contributed by atoms with Gasteiger partial charge in [0.15, 0.2) is 5.11 Å². The van der Waals surface area contributed by atoms with E-state index in [0.717, 1.165) is 30.8 Å². The maximum absolute atomic E-state index is 5.25. The van der Waals surface area contributed by atoms with Crippen LogP contribution in [0.25, 0.3) is 0 Å². The predicted molar refractivity (Wildman–Crippen MR) is 94.2 cm³/mol. The first kappa shape index (κ1) is 16.6. The van der Waals surface area contributed by atoms with Crippen LogP contribution in [0.15, 0.2) is 11.1 Å². The quantitative estimate of drug-likeness (QED) is 0.451. The van der Waals surface area contributed by atoms with Crippen LogP contribution in [0.1, 0.15) is 44.0 Å². The summed E-state index contributed by atoms with van der Waals surface area (Å²) in [5.74, 6) is 1.16. The van der Waals surface area contributed by atoms with E-state index in [2.05, 4.69) is 25.9 Å². The van der Waals surface area contributed by atoms with Gasteiger partial charge >= 0.3 is 0 Å². The minimum Gasteiger partial charge on any atom is -0.363 e. The summed E-state index contributed by atoms with van der Waals surface area (Å²) in [6.45, 7) is 6.67. The van der Waals surface area contributed by atoms with Crippen LogP contribution in [0, 0.1) is 13.8 Å². The maximum atomic E-state index is 5.25. The molecule has 1 aliphatic carbocycles. The number of guanidine groups is 1. The van der Waals surface area contributed by atoms with Crippen molar-refractivity contribution in [2.45, 2.75) is 52.5 Å². The highest BCUT2D eigenvalue weighted by atomic mass is 32.1. The fourth-order valence-electron chi connectivity index (χ4n) is 2.51. The smallest absolute Gasteiger partial charge is 0.229 e. The molecule has 7 heteroatoms. The predicted octanol–water partition coefficient (Wildman–Crippen LogP) is 2.29. The number of aromatic nitrogens is 2. The Hall–Kier alpha value is -1.76. The molecular formula is C15H24N6S. The molecule has 3 N–H and O–H groups in total. The largest absolute Gasteiger partial charge is 0.363 e. The molecule has 1 aromatic rings. The highest BCUT2D eigenvalue weighted by molar-refractivity contribution is 7.80. The molecule has 0 atom stereocenters. The summed E-state index contributed by atoms with van der Waals surface area (Å²) in [6, 6.07) is 2.28. The Bertz CT molecular complexity index is 531. The van der Waals surface area contributed by atoms with Gasteiger partial charge in [0, 0.05) is 17.9 Å². The zero-order chi connectivity index (χ0) is 15.9. The molecular weight excluding hydrogens is 296 g/mol. The fourth-order valence-corrected chi connectivity index (χ4v) is 2.75. The van der Waals surface area contributed by atoms with Crippen LogP contribution in [-0.2, 0) is 0 Å². The maximum Gasteiger partial charge on any atom is 0.229 e. The van der Waals surface area contributed by atoms with E-state index in [1.54, 1.807) is 0 Å². The lowest BCUT2D eigenvalue weighted by Gasteiger charge is -2.15. The van der Waals surface area contributed by atoms with Crippen LogP contribution >= 0.6 is 12.2 Å². The van der Waals surface area contributed by atoms with Gasteiger partial charge in [-0.25, -0.2) is 15.0 Å². The summed E-state index contributed by atoms with van der Waals surface area (Å²) in [6.07, 6.45) is 4.71. The molecule has 1 aromatic heterocycles. The van der Waals surface area contributed by atoms with Gasteiger partial charge in [-0.2, -0.15) is 0 Å². The standard InChI is InChI=1S/C15H24N6S/c1-4-16-15(22)21-14(19-12-7-5-6-8-12)20-13-17-10(2)9-11(3)18-13/h9,12H,4-8H2,1-3H3,(H3,16,17,18,19,20,21,22). The van der Waals surface area contributed by atoms with Gasteiger partial charge in [-0.1, -0.05) is 12.8 Å². The Morgan fingerprint density at radius 2 is 1.91 bits per heavy atom. The van der Waals surface area contributed by atoms with Crippen molar-refractivity contribution in [3.8, 4) is 0 Å². The van der Waals surface area contributed by atoms with Crippen molar-refractivity contribution < 1.29 is 0 Å². The molecule has 0 aliphatic heterocycles. The van der Waals surface area contributed by atoms with Crippen molar-refractivity contribution in [1.29, 1.82) is 0 Å². The molecule has 6 nitrogen and oxygen atoms in total. The van der Waals surface area contributed by atoms with Crippen molar-refractivity contribution in [1.82, 2.24) is 20.6 Å². The summed E-state index contributed by atoms with van der Waals surface area (Å²) >= 11 is 5.25. The third-order valence-electron chi connectivity index (χ3n) is 3.42. The molecule has 1 fully saturated rings. The van der Waals surface area contributed by atoms with Crippen molar-refractivity contribution in [3.05, 3.63) is 17.5 Å². The normalized spacial score (nSPS) is 15.7. The summed E-state index contributed by atoms with van der Waals surface area (Å²) in [4.78, 5) is 13.5. The van der Waals surface area contributed by atoms with Crippen LogP contribution in [0.2, 0.25) is 0 Å². The van der Waals surface area contributed by atoms with Gasteiger partial charge in [0.2, 0.25) is 11.9 Å². The van der Waals surface area contributed by atoms with Crippen molar-refractivity contribution >= 4 is 29.2 Å². The van der Waals surface area contributed by atoms with Gasteiger partial charge in [-0.15, -0.1) is 0 Å². The molecule has 0 unspecified atom stereocenters. The molecule has 22 heavy (non-hydrogen) atoms. The molecule has 1 aliphatic rings. The van der Waals surface area contributed by atoms with Crippen LogP contribution in [0.4, 0.5) is 5.95 Å². The average molecular weight is 320 g/mol. The highest BCUT2D eigenvalue weighted by Crippen LogP contribution is 2.21. The number of thiocarbonyl (C=S) groups is 1. The van der Waals surface area contributed by atoms with Crippen molar-refractivity contribution in [2.24, 2.45) is 4.99 Å². The zero-order valence-corrected chi connectivity index (χ0v) is 14.3. The summed E-state index contributed by atoms with van der Waals surface area (Å²) in [5, 5.41) is 9.90. The van der Waals surface area contributed by atoms with E-state index < -0.39 is 0 Å². The summed E-state index contributed by atoms with van der Waals surface area (Å²) < 4.78 is 0. The van der Waals surface area contributed by atoms with E-state index in [-0.39, 0.29) is 0 Å². The lowest BCUT2D eigenvalue weighted by molar-refractivity contribution is 0.703. The van der Waals surface area contributed by atoms with Gasteiger partial charge in [-0.3, -0.25) is 5.32 Å². The van der Waals surface area contributed by atoms with Gasteiger partial charge in [0.05, 0.1) is 6.04 Å². The van der Waals surface area contributed by atoms with Crippen LogP contribution in [0.3, 0.4) is 0 Å². The number of aryl methyl sites for hydroxylation is 2. The molecule has 0 saturated heterocycles. The molecule has 0 aromatic carbocycles. The summed E-state index contributed by atoms with van der Waals surface area (Å²) in [5.41, 5.74) is 1.84. The molecule has 1 saturated carbocycles. The molecule has 0 bridgehead atoms. The molecule has 1 heterocycles. The monoisotopic (exact) mass is 320 g/mol. The minimum atomic E-state index is 0.338. The first-order valence-corrected chi connectivity index (χ1v) is 8.19. The van der Waals surface area contributed by atoms with Crippen LogP contribution in [0.5, 0.6) is 0 Å². The average Bonchev–Trinajstić information content (AvgIpc) is 2.90. The number of anilines is 1. The molecule has 0 spiro atoms. The van der Waals surface area contributed by atoms with E-state index in [9.17, 15) is 0 Å². The van der Waals surface area contributed by atoms with Crippen molar-refractivity contribution in [3.63, 3.8) is 0 Å². The number of hydrogen-bond acceptors (Lipinski definition) is 4. The molecule has 0 radical (unpaired) electrons. The van der Waals surface area contributed by atoms with E-state index in [4.69, 9.17) is 17.2 Å². The second kappa shape index (κ2) is 8.03.